The van der Waals surface area contributed by atoms with E-state index in [1.165, 1.54) is 13.0 Å². The fourth-order valence-corrected chi connectivity index (χ4v) is 3.01. The molecular weight excluding hydrogens is 336 g/mol. The molecule has 1 aliphatic rings. The lowest BCUT2D eigenvalue weighted by Gasteiger charge is -2.28. The average Bonchev–Trinajstić information content (AvgIpc) is 2.62. The van der Waals surface area contributed by atoms with Crippen LogP contribution in [0, 0.1) is 6.92 Å². The molecule has 0 unspecified atom stereocenters. The highest BCUT2D eigenvalue weighted by Gasteiger charge is 2.22. The number of carbonyl (C=O) groups is 2. The lowest BCUT2D eigenvalue weighted by molar-refractivity contribution is -0.114. The molecule has 0 spiro atoms. The predicted molar refractivity (Wildman–Crippen MR) is 97.7 cm³/mol. The van der Waals surface area contributed by atoms with Crippen LogP contribution < -0.4 is 21.5 Å². The van der Waals surface area contributed by atoms with Crippen molar-refractivity contribution in [2.45, 2.75) is 19.8 Å². The number of H-pyrrole nitrogens is 2. The lowest BCUT2D eigenvalue weighted by Crippen LogP contribution is -2.34. The van der Waals surface area contributed by atoms with E-state index in [4.69, 9.17) is 0 Å². The van der Waals surface area contributed by atoms with Crippen molar-refractivity contribution in [2.24, 2.45) is 0 Å². The standard InChI is InChI=1S/C18H18N4O4/c1-3-14(23)22-8-4-5-11-9-12(6-7-13(11)22)16(24)20-15-10(2)19-18(26)21-17(15)25/h3,6-7,9H,1,4-5,8H2,2H3,(H,20,24)(H2,19,21,25,26). The number of hydrogen-bond donors (Lipinski definition) is 3. The normalized spacial score (nSPS) is 13.0. The van der Waals surface area contributed by atoms with E-state index in [9.17, 15) is 19.2 Å². The van der Waals surface area contributed by atoms with E-state index in [0.717, 1.165) is 24.1 Å². The molecule has 0 saturated carbocycles. The Bertz CT molecular complexity index is 1020. The van der Waals surface area contributed by atoms with E-state index in [2.05, 4.69) is 21.9 Å². The van der Waals surface area contributed by atoms with Gasteiger partial charge >= 0.3 is 5.69 Å². The number of amides is 2. The summed E-state index contributed by atoms with van der Waals surface area (Å²) in [6, 6.07) is 5.02. The molecule has 134 valence electrons. The molecule has 2 heterocycles. The molecule has 2 aromatic rings. The Morgan fingerprint density at radius 3 is 2.73 bits per heavy atom. The topological polar surface area (TPSA) is 115 Å². The zero-order valence-electron chi connectivity index (χ0n) is 14.2. The van der Waals surface area contributed by atoms with E-state index in [1.807, 2.05) is 0 Å². The molecule has 0 saturated heterocycles. The number of fused-ring (bicyclic) bond motifs is 1. The summed E-state index contributed by atoms with van der Waals surface area (Å²) in [5.41, 5.74) is 0.971. The minimum absolute atomic E-state index is 0.00391. The third-order valence-corrected chi connectivity index (χ3v) is 4.27. The van der Waals surface area contributed by atoms with Crippen molar-refractivity contribution in [1.82, 2.24) is 9.97 Å². The quantitative estimate of drug-likeness (QED) is 0.716. The molecule has 1 aliphatic heterocycles. The summed E-state index contributed by atoms with van der Waals surface area (Å²) in [5, 5.41) is 2.52. The van der Waals surface area contributed by atoms with Crippen molar-refractivity contribution >= 4 is 23.2 Å². The van der Waals surface area contributed by atoms with Crippen LogP contribution >= 0.6 is 0 Å². The highest BCUT2D eigenvalue weighted by atomic mass is 16.2. The molecule has 1 aromatic carbocycles. The van der Waals surface area contributed by atoms with Crippen LogP contribution in [0.25, 0.3) is 0 Å². The lowest BCUT2D eigenvalue weighted by atomic mass is 9.98. The summed E-state index contributed by atoms with van der Waals surface area (Å²) >= 11 is 0. The second kappa shape index (κ2) is 6.83. The molecule has 26 heavy (non-hydrogen) atoms. The highest BCUT2D eigenvalue weighted by molar-refractivity contribution is 6.06. The Morgan fingerprint density at radius 1 is 1.27 bits per heavy atom. The predicted octanol–water partition coefficient (Wildman–Crippen LogP) is 1.09. The van der Waals surface area contributed by atoms with E-state index in [0.29, 0.717) is 12.1 Å². The number of aromatic nitrogens is 2. The van der Waals surface area contributed by atoms with Gasteiger partial charge in [0.2, 0.25) is 5.91 Å². The minimum atomic E-state index is -0.666. The van der Waals surface area contributed by atoms with Crippen LogP contribution in [0.2, 0.25) is 0 Å². The molecular formula is C18H18N4O4. The molecule has 0 radical (unpaired) electrons. The summed E-state index contributed by atoms with van der Waals surface area (Å²) in [6.07, 6.45) is 2.80. The van der Waals surface area contributed by atoms with Crippen molar-refractivity contribution in [1.29, 1.82) is 0 Å². The molecule has 0 atom stereocenters. The molecule has 8 nitrogen and oxygen atoms in total. The van der Waals surface area contributed by atoms with Crippen molar-refractivity contribution < 1.29 is 9.59 Å². The molecule has 0 fully saturated rings. The van der Waals surface area contributed by atoms with Crippen molar-refractivity contribution in [3.05, 3.63) is 68.5 Å². The first-order valence-corrected chi connectivity index (χ1v) is 8.12. The second-order valence-corrected chi connectivity index (χ2v) is 6.00. The van der Waals surface area contributed by atoms with Gasteiger partial charge in [0.25, 0.3) is 11.5 Å². The van der Waals surface area contributed by atoms with Crippen LogP contribution in [0.5, 0.6) is 0 Å². The summed E-state index contributed by atoms with van der Waals surface area (Å²) in [7, 11) is 0. The van der Waals surface area contributed by atoms with Crippen LogP contribution in [-0.2, 0) is 11.2 Å². The minimum Gasteiger partial charge on any atom is -0.316 e. The third kappa shape index (κ3) is 3.21. The Labute approximate surface area is 148 Å². The van der Waals surface area contributed by atoms with Crippen molar-refractivity contribution in [3.63, 3.8) is 0 Å². The number of aryl methyl sites for hydroxylation is 2. The second-order valence-electron chi connectivity index (χ2n) is 6.00. The number of anilines is 2. The number of nitrogens with one attached hydrogen (secondary N) is 3. The van der Waals surface area contributed by atoms with Crippen LogP contribution in [0.4, 0.5) is 11.4 Å². The van der Waals surface area contributed by atoms with Gasteiger partial charge in [-0.3, -0.25) is 19.4 Å². The molecule has 3 N–H and O–H groups in total. The number of benzene rings is 1. The van der Waals surface area contributed by atoms with Crippen LogP contribution in [-0.4, -0.2) is 28.3 Å². The monoisotopic (exact) mass is 354 g/mol. The van der Waals surface area contributed by atoms with Crippen LogP contribution in [0.1, 0.15) is 28.0 Å². The number of hydrogen-bond acceptors (Lipinski definition) is 4. The van der Waals surface area contributed by atoms with E-state index < -0.39 is 17.2 Å². The Morgan fingerprint density at radius 2 is 2.04 bits per heavy atom. The largest absolute Gasteiger partial charge is 0.326 e. The van der Waals surface area contributed by atoms with Gasteiger partial charge in [0.15, 0.2) is 0 Å². The molecule has 2 amide bonds. The molecule has 8 heteroatoms. The van der Waals surface area contributed by atoms with Gasteiger partial charge in [0, 0.05) is 23.5 Å². The summed E-state index contributed by atoms with van der Waals surface area (Å²) in [6.45, 7) is 5.64. The molecule has 1 aromatic heterocycles. The zero-order chi connectivity index (χ0) is 18.8. The summed E-state index contributed by atoms with van der Waals surface area (Å²) < 4.78 is 0. The number of nitrogens with zero attached hydrogens (tertiary/aromatic N) is 1. The maximum absolute atomic E-state index is 12.5. The van der Waals surface area contributed by atoms with Gasteiger partial charge in [-0.15, -0.1) is 0 Å². The molecule has 0 aliphatic carbocycles. The van der Waals surface area contributed by atoms with Crippen molar-refractivity contribution in [2.75, 3.05) is 16.8 Å². The van der Waals surface area contributed by atoms with E-state index in [1.54, 1.807) is 23.1 Å². The van der Waals surface area contributed by atoms with Gasteiger partial charge in [-0.2, -0.15) is 0 Å². The Balaban J connectivity index is 1.90. The average molecular weight is 354 g/mol. The first-order chi connectivity index (χ1) is 12.4. The van der Waals surface area contributed by atoms with Gasteiger partial charge in [-0.05, 0) is 49.6 Å². The van der Waals surface area contributed by atoms with Gasteiger partial charge in [-0.1, -0.05) is 6.58 Å². The molecule has 0 bridgehead atoms. The van der Waals surface area contributed by atoms with Crippen molar-refractivity contribution in [3.8, 4) is 0 Å². The van der Waals surface area contributed by atoms with Gasteiger partial charge in [0.1, 0.15) is 5.69 Å². The maximum Gasteiger partial charge on any atom is 0.326 e. The van der Waals surface area contributed by atoms with E-state index >= 15 is 0 Å². The highest BCUT2D eigenvalue weighted by Crippen LogP contribution is 2.28. The zero-order valence-corrected chi connectivity index (χ0v) is 14.2. The molecule has 3 rings (SSSR count). The van der Waals surface area contributed by atoms with Crippen LogP contribution in [0.3, 0.4) is 0 Å². The fraction of sp³-hybridized carbons (Fsp3) is 0.222. The first kappa shape index (κ1) is 17.4. The smallest absolute Gasteiger partial charge is 0.316 e. The number of carbonyl (C=O) groups excluding carboxylic acids is 2. The summed E-state index contributed by atoms with van der Waals surface area (Å²) in [5.74, 6) is -0.654. The summed E-state index contributed by atoms with van der Waals surface area (Å²) in [4.78, 5) is 53.7. The Hall–Kier alpha value is -3.42. The third-order valence-electron chi connectivity index (χ3n) is 4.27. The number of rotatable bonds is 3. The van der Waals surface area contributed by atoms with Gasteiger partial charge in [-0.25, -0.2) is 4.79 Å². The maximum atomic E-state index is 12.5. The van der Waals surface area contributed by atoms with E-state index in [-0.39, 0.29) is 17.3 Å². The Kier molecular flexibility index (Phi) is 4.57. The van der Waals surface area contributed by atoms with Gasteiger partial charge in [0.05, 0.1) is 0 Å². The fourth-order valence-electron chi connectivity index (χ4n) is 3.01. The van der Waals surface area contributed by atoms with Gasteiger partial charge < -0.3 is 15.2 Å². The SMILES string of the molecule is C=CC(=O)N1CCCc2cc(C(=O)Nc3c(C)[nH]c(=O)[nH]c3=O)ccc21. The first-order valence-electron chi connectivity index (χ1n) is 8.12. The number of aromatic amines is 2. The van der Waals surface area contributed by atoms with Crippen LogP contribution in [0.15, 0.2) is 40.4 Å².